The van der Waals surface area contributed by atoms with Gasteiger partial charge in [0.15, 0.2) is 0 Å². The second kappa shape index (κ2) is 2.49. The molecule has 2 unspecified atom stereocenters. The fraction of sp³-hybridized carbons (Fsp3) is 0.750. The fourth-order valence-electron chi connectivity index (χ4n) is 1.83. The van der Waals surface area contributed by atoms with E-state index in [1.165, 1.54) is 0 Å². The van der Waals surface area contributed by atoms with Gasteiger partial charge in [0.05, 0.1) is 11.8 Å². The Morgan fingerprint density at radius 2 is 2.33 bits per heavy atom. The van der Waals surface area contributed by atoms with Crippen molar-refractivity contribution in [2.24, 2.45) is 5.41 Å². The molecule has 3 nitrogen and oxygen atoms in total. The monoisotopic (exact) mass is 186 g/mol. The maximum absolute atomic E-state index is 11.3. The Morgan fingerprint density at radius 3 is 2.75 bits per heavy atom. The zero-order valence-corrected chi connectivity index (χ0v) is 7.65. The van der Waals surface area contributed by atoms with Crippen LogP contribution in [0.25, 0.3) is 0 Å². The lowest BCUT2D eigenvalue weighted by Crippen LogP contribution is -2.26. The highest BCUT2D eigenvalue weighted by Gasteiger charge is 2.52. The number of esters is 2. The lowest BCUT2D eigenvalue weighted by atomic mass is 9.84. The van der Waals surface area contributed by atoms with E-state index in [4.69, 9.17) is 0 Å². The number of rotatable bonds is 0. The van der Waals surface area contributed by atoms with Crippen molar-refractivity contribution < 1.29 is 14.3 Å². The Balaban J connectivity index is 2.22. The Morgan fingerprint density at radius 1 is 1.58 bits per heavy atom. The lowest BCUT2D eigenvalue weighted by molar-refractivity contribution is -0.154. The van der Waals surface area contributed by atoms with E-state index in [1.54, 1.807) is 11.8 Å². The third-order valence-corrected chi connectivity index (χ3v) is 3.90. The standard InChI is InChI=1S/C8H10O3S/c1-5-2-8(4-12-5)3-6(9)11-7(8)10/h5H,2-4H2,1H3. The van der Waals surface area contributed by atoms with Crippen LogP contribution in [-0.2, 0) is 14.3 Å². The van der Waals surface area contributed by atoms with Gasteiger partial charge in [0.25, 0.3) is 0 Å². The molecular formula is C8H10O3S. The van der Waals surface area contributed by atoms with Crippen molar-refractivity contribution >= 4 is 23.7 Å². The van der Waals surface area contributed by atoms with E-state index in [1.807, 2.05) is 0 Å². The van der Waals surface area contributed by atoms with Gasteiger partial charge in [0.1, 0.15) is 0 Å². The first-order chi connectivity index (χ1) is 5.62. The van der Waals surface area contributed by atoms with Crippen LogP contribution in [0.5, 0.6) is 0 Å². The Kier molecular flexibility index (Phi) is 1.68. The van der Waals surface area contributed by atoms with Crippen LogP contribution < -0.4 is 0 Å². The maximum Gasteiger partial charge on any atom is 0.321 e. The molecule has 0 amide bonds. The molecule has 0 aliphatic carbocycles. The number of hydrogen-bond acceptors (Lipinski definition) is 4. The normalized spacial score (nSPS) is 40.9. The highest BCUT2D eigenvalue weighted by molar-refractivity contribution is 8.00. The van der Waals surface area contributed by atoms with E-state index >= 15 is 0 Å². The Hall–Kier alpha value is -0.510. The largest absolute Gasteiger partial charge is 0.393 e. The first-order valence-corrected chi connectivity index (χ1v) is 5.04. The molecule has 0 saturated carbocycles. The van der Waals surface area contributed by atoms with Gasteiger partial charge in [0, 0.05) is 11.0 Å². The highest BCUT2D eigenvalue weighted by atomic mass is 32.2. The predicted octanol–water partition coefficient (Wildman–Crippen LogP) is 0.972. The van der Waals surface area contributed by atoms with Crippen molar-refractivity contribution in [3.05, 3.63) is 0 Å². The fourth-order valence-corrected chi connectivity index (χ4v) is 3.21. The average molecular weight is 186 g/mol. The predicted molar refractivity (Wildman–Crippen MR) is 44.7 cm³/mol. The van der Waals surface area contributed by atoms with Crippen LogP contribution in [0.2, 0.25) is 0 Å². The van der Waals surface area contributed by atoms with Crippen molar-refractivity contribution in [1.82, 2.24) is 0 Å². The maximum atomic E-state index is 11.3. The third-order valence-electron chi connectivity index (χ3n) is 2.44. The smallest absolute Gasteiger partial charge is 0.321 e. The van der Waals surface area contributed by atoms with E-state index in [2.05, 4.69) is 11.7 Å². The number of carbonyl (C=O) groups is 2. The first kappa shape index (κ1) is 8.10. The molecule has 66 valence electrons. The molecule has 2 fully saturated rings. The zero-order valence-electron chi connectivity index (χ0n) is 6.83. The van der Waals surface area contributed by atoms with Gasteiger partial charge in [-0.2, -0.15) is 11.8 Å². The summed E-state index contributed by atoms with van der Waals surface area (Å²) in [5, 5.41) is 0.475. The summed E-state index contributed by atoms with van der Waals surface area (Å²) in [6, 6.07) is 0. The molecule has 2 heterocycles. The number of ether oxygens (including phenoxy) is 1. The van der Waals surface area contributed by atoms with Crippen molar-refractivity contribution in [3.8, 4) is 0 Å². The molecule has 12 heavy (non-hydrogen) atoms. The van der Waals surface area contributed by atoms with Crippen molar-refractivity contribution in [2.75, 3.05) is 5.75 Å². The summed E-state index contributed by atoms with van der Waals surface area (Å²) in [7, 11) is 0. The first-order valence-electron chi connectivity index (χ1n) is 3.99. The molecule has 0 aromatic carbocycles. The van der Waals surface area contributed by atoms with Crippen LogP contribution in [0.4, 0.5) is 0 Å². The van der Waals surface area contributed by atoms with Gasteiger partial charge < -0.3 is 4.74 Å². The van der Waals surface area contributed by atoms with E-state index in [9.17, 15) is 9.59 Å². The molecule has 0 N–H and O–H groups in total. The van der Waals surface area contributed by atoms with E-state index < -0.39 is 5.41 Å². The molecule has 0 bridgehead atoms. The van der Waals surface area contributed by atoms with E-state index in [-0.39, 0.29) is 11.9 Å². The van der Waals surface area contributed by atoms with Gasteiger partial charge in [-0.15, -0.1) is 0 Å². The topological polar surface area (TPSA) is 43.4 Å². The van der Waals surface area contributed by atoms with E-state index in [0.717, 1.165) is 12.2 Å². The molecule has 0 aromatic rings. The molecule has 2 rings (SSSR count). The third kappa shape index (κ3) is 1.05. The second-order valence-electron chi connectivity index (χ2n) is 3.54. The number of cyclic esters (lactones) is 2. The molecular weight excluding hydrogens is 176 g/mol. The summed E-state index contributed by atoms with van der Waals surface area (Å²) >= 11 is 1.75. The number of thioether (sulfide) groups is 1. The zero-order chi connectivity index (χ0) is 8.77. The van der Waals surface area contributed by atoms with E-state index in [0.29, 0.717) is 11.7 Å². The van der Waals surface area contributed by atoms with Gasteiger partial charge in [-0.3, -0.25) is 9.59 Å². The minimum absolute atomic E-state index is 0.295. The minimum atomic E-state index is -0.457. The summed E-state index contributed by atoms with van der Waals surface area (Å²) in [6.45, 7) is 2.08. The summed E-state index contributed by atoms with van der Waals surface area (Å²) in [5.74, 6) is 0.0951. The van der Waals surface area contributed by atoms with Crippen LogP contribution >= 0.6 is 11.8 Å². The van der Waals surface area contributed by atoms with Crippen LogP contribution in [0, 0.1) is 5.41 Å². The SMILES string of the molecule is CC1CC2(CS1)CC(=O)OC2=O. The van der Waals surface area contributed by atoms with Crippen LogP contribution in [0.15, 0.2) is 0 Å². The molecule has 2 aliphatic rings. The van der Waals surface area contributed by atoms with Gasteiger partial charge in [-0.1, -0.05) is 6.92 Å². The van der Waals surface area contributed by atoms with Crippen molar-refractivity contribution in [1.29, 1.82) is 0 Å². The van der Waals surface area contributed by atoms with Gasteiger partial charge >= 0.3 is 11.9 Å². The van der Waals surface area contributed by atoms with Crippen LogP contribution in [0.3, 0.4) is 0 Å². The Labute approximate surface area is 74.8 Å². The highest BCUT2D eigenvalue weighted by Crippen LogP contribution is 2.47. The van der Waals surface area contributed by atoms with Crippen molar-refractivity contribution in [3.63, 3.8) is 0 Å². The van der Waals surface area contributed by atoms with Crippen LogP contribution in [-0.4, -0.2) is 22.9 Å². The lowest BCUT2D eigenvalue weighted by Gasteiger charge is -2.13. The van der Waals surface area contributed by atoms with Crippen molar-refractivity contribution in [2.45, 2.75) is 25.0 Å². The summed E-state index contributed by atoms with van der Waals surface area (Å²) < 4.78 is 4.56. The summed E-state index contributed by atoms with van der Waals surface area (Å²) in [6.07, 6.45) is 1.09. The molecule has 1 spiro atoms. The summed E-state index contributed by atoms with van der Waals surface area (Å²) in [5.41, 5.74) is -0.457. The number of hydrogen-bond donors (Lipinski definition) is 0. The van der Waals surface area contributed by atoms with Gasteiger partial charge in [0.2, 0.25) is 0 Å². The molecule has 0 aromatic heterocycles. The molecule has 2 atom stereocenters. The van der Waals surface area contributed by atoms with Gasteiger partial charge in [-0.05, 0) is 6.42 Å². The number of carbonyl (C=O) groups excluding carboxylic acids is 2. The Bertz CT molecular complexity index is 251. The second-order valence-corrected chi connectivity index (χ2v) is 4.97. The summed E-state index contributed by atoms with van der Waals surface area (Å²) in [4.78, 5) is 22.2. The minimum Gasteiger partial charge on any atom is -0.393 e. The molecule has 4 heteroatoms. The van der Waals surface area contributed by atoms with Crippen LogP contribution in [0.1, 0.15) is 19.8 Å². The molecule has 2 aliphatic heterocycles. The van der Waals surface area contributed by atoms with Gasteiger partial charge in [-0.25, -0.2) is 0 Å². The average Bonchev–Trinajstić information content (AvgIpc) is 2.43. The quantitative estimate of drug-likeness (QED) is 0.417. The molecule has 0 radical (unpaired) electrons. The molecule has 2 saturated heterocycles.